The lowest BCUT2D eigenvalue weighted by atomic mass is 9.83. The van der Waals surface area contributed by atoms with Crippen molar-refractivity contribution in [3.63, 3.8) is 0 Å². The summed E-state index contributed by atoms with van der Waals surface area (Å²) in [7, 11) is 1.31. The number of carbonyl (C=O) groups excluding carboxylic acids is 1. The van der Waals surface area contributed by atoms with E-state index in [4.69, 9.17) is 14.5 Å². The molecule has 1 aliphatic rings. The van der Waals surface area contributed by atoms with Crippen molar-refractivity contribution >= 4 is 11.6 Å². The summed E-state index contributed by atoms with van der Waals surface area (Å²) in [6.45, 7) is 0.485. The van der Waals surface area contributed by atoms with Crippen molar-refractivity contribution in [2.45, 2.75) is 44.6 Å². The third-order valence-electron chi connectivity index (χ3n) is 6.44. The van der Waals surface area contributed by atoms with Crippen molar-refractivity contribution in [1.29, 1.82) is 0 Å². The van der Waals surface area contributed by atoms with Crippen LogP contribution in [0.15, 0.2) is 65.5 Å². The van der Waals surface area contributed by atoms with E-state index in [1.165, 1.54) is 18.0 Å². The number of fused-ring (bicyclic) bond motifs is 1. The Balaban J connectivity index is 1.53. The first-order valence-corrected chi connectivity index (χ1v) is 11.6. The number of benzene rings is 2. The van der Waals surface area contributed by atoms with Gasteiger partial charge in [-0.15, -0.1) is 0 Å². The summed E-state index contributed by atoms with van der Waals surface area (Å²) >= 11 is 0. The van der Waals surface area contributed by atoms with Gasteiger partial charge in [-0.2, -0.15) is 0 Å². The van der Waals surface area contributed by atoms with E-state index < -0.39 is 5.97 Å². The normalized spacial score (nSPS) is 14.3. The first-order valence-electron chi connectivity index (χ1n) is 11.6. The molecule has 7 heteroatoms. The molecule has 1 N–H and O–H groups in total. The van der Waals surface area contributed by atoms with E-state index in [1.807, 2.05) is 54.6 Å². The molecule has 1 aliphatic carbocycles. The van der Waals surface area contributed by atoms with Crippen LogP contribution in [0.3, 0.4) is 0 Å². The topological polar surface area (TPSA) is 85.7 Å². The van der Waals surface area contributed by atoms with E-state index in [9.17, 15) is 9.59 Å². The van der Waals surface area contributed by atoms with Crippen LogP contribution in [0.2, 0.25) is 0 Å². The zero-order chi connectivity index (χ0) is 23.5. The van der Waals surface area contributed by atoms with Gasteiger partial charge in [-0.1, -0.05) is 49.6 Å². The molecule has 5 rings (SSSR count). The summed E-state index contributed by atoms with van der Waals surface area (Å²) in [6, 6.07) is 19.3. The number of rotatable bonds is 6. The van der Waals surface area contributed by atoms with Gasteiger partial charge in [0.15, 0.2) is 5.65 Å². The van der Waals surface area contributed by atoms with Crippen LogP contribution in [0.25, 0.3) is 16.9 Å². The van der Waals surface area contributed by atoms with Crippen molar-refractivity contribution in [2.75, 3.05) is 7.11 Å². The van der Waals surface area contributed by atoms with Gasteiger partial charge in [0, 0.05) is 17.2 Å². The molecule has 2 aromatic heterocycles. The summed E-state index contributed by atoms with van der Waals surface area (Å²) in [5.74, 6) is 0.351. The number of hydrogen-bond acceptors (Lipinski definition) is 5. The van der Waals surface area contributed by atoms with E-state index in [0.29, 0.717) is 23.5 Å². The minimum atomic E-state index is -0.536. The molecule has 0 saturated heterocycles. The Kier molecular flexibility index (Phi) is 6.16. The Morgan fingerprint density at radius 2 is 1.79 bits per heavy atom. The van der Waals surface area contributed by atoms with Crippen LogP contribution in [0.5, 0.6) is 5.75 Å². The molecule has 2 aromatic carbocycles. The van der Waals surface area contributed by atoms with Gasteiger partial charge in [-0.05, 0) is 48.6 Å². The lowest BCUT2D eigenvalue weighted by Crippen LogP contribution is -2.25. The first-order chi connectivity index (χ1) is 16.6. The predicted molar refractivity (Wildman–Crippen MR) is 129 cm³/mol. The number of nitrogens with one attached hydrogen (secondary N) is 1. The van der Waals surface area contributed by atoms with Crippen LogP contribution in [0.1, 0.15) is 59.6 Å². The number of nitrogens with zero attached hydrogens (tertiary/aromatic N) is 2. The number of carbonyl (C=O) groups is 1. The highest BCUT2D eigenvalue weighted by Crippen LogP contribution is 2.36. The van der Waals surface area contributed by atoms with E-state index >= 15 is 0 Å². The average Bonchev–Trinajstić information content (AvgIpc) is 3.33. The Hall–Kier alpha value is -3.87. The molecule has 0 bridgehead atoms. The maximum atomic E-state index is 13.6. The van der Waals surface area contributed by atoms with Crippen LogP contribution in [0.4, 0.5) is 0 Å². The molecule has 1 saturated carbocycles. The molecule has 2 heterocycles. The van der Waals surface area contributed by atoms with E-state index in [-0.39, 0.29) is 17.2 Å². The first kappa shape index (κ1) is 21.9. The van der Waals surface area contributed by atoms with Gasteiger partial charge in [0.25, 0.3) is 5.56 Å². The molecule has 0 unspecified atom stereocenters. The number of aromatic amines is 1. The van der Waals surface area contributed by atoms with Crippen molar-refractivity contribution in [3.8, 4) is 17.0 Å². The number of H-pyrrole nitrogens is 1. The third kappa shape index (κ3) is 4.33. The van der Waals surface area contributed by atoms with Gasteiger partial charge in [0.2, 0.25) is 0 Å². The van der Waals surface area contributed by atoms with Gasteiger partial charge in [0.1, 0.15) is 18.1 Å². The largest absolute Gasteiger partial charge is 0.489 e. The van der Waals surface area contributed by atoms with Crippen LogP contribution < -0.4 is 10.3 Å². The maximum absolute atomic E-state index is 13.6. The molecule has 4 aromatic rings. The molecular formula is C27H27N3O4. The summed E-state index contributed by atoms with van der Waals surface area (Å²) < 4.78 is 12.1. The van der Waals surface area contributed by atoms with Crippen molar-refractivity contribution in [2.24, 2.45) is 0 Å². The quantitative estimate of drug-likeness (QED) is 0.407. The Morgan fingerprint density at radius 1 is 1.06 bits per heavy atom. The zero-order valence-electron chi connectivity index (χ0n) is 19.1. The minimum Gasteiger partial charge on any atom is -0.489 e. The molecule has 7 nitrogen and oxygen atoms in total. The second kappa shape index (κ2) is 9.55. The molecule has 0 radical (unpaired) electrons. The summed E-state index contributed by atoms with van der Waals surface area (Å²) in [6.07, 6.45) is 5.29. The fourth-order valence-electron chi connectivity index (χ4n) is 4.68. The van der Waals surface area contributed by atoms with Gasteiger partial charge >= 0.3 is 5.97 Å². The van der Waals surface area contributed by atoms with Gasteiger partial charge in [-0.25, -0.2) is 14.3 Å². The Labute approximate surface area is 197 Å². The zero-order valence-corrected chi connectivity index (χ0v) is 19.1. The molecular weight excluding hydrogens is 430 g/mol. The highest BCUT2D eigenvalue weighted by Gasteiger charge is 2.26. The highest BCUT2D eigenvalue weighted by atomic mass is 16.5. The van der Waals surface area contributed by atoms with Crippen LogP contribution >= 0.6 is 0 Å². The highest BCUT2D eigenvalue weighted by molar-refractivity contribution is 5.88. The maximum Gasteiger partial charge on any atom is 0.356 e. The lowest BCUT2D eigenvalue weighted by Gasteiger charge is -2.23. The van der Waals surface area contributed by atoms with Gasteiger partial charge in [0.05, 0.1) is 12.8 Å². The summed E-state index contributed by atoms with van der Waals surface area (Å²) in [5.41, 5.74) is 3.75. The van der Waals surface area contributed by atoms with E-state index in [0.717, 1.165) is 42.6 Å². The molecule has 0 aliphatic heterocycles. The van der Waals surface area contributed by atoms with Crippen molar-refractivity contribution in [3.05, 3.63) is 87.8 Å². The molecule has 1 fully saturated rings. The SMILES string of the molecule is COC(=O)c1cc2nc(-c3ccc(OCc4ccccc4)cc3)c(C3CCCCC3)c(=O)n2[nH]1. The van der Waals surface area contributed by atoms with Crippen LogP contribution in [-0.2, 0) is 11.3 Å². The number of aromatic nitrogens is 3. The van der Waals surface area contributed by atoms with Gasteiger partial charge in [-0.3, -0.25) is 9.89 Å². The number of hydrogen-bond donors (Lipinski definition) is 1. The predicted octanol–water partition coefficient (Wildman–Crippen LogP) is 5.10. The lowest BCUT2D eigenvalue weighted by molar-refractivity contribution is 0.0593. The van der Waals surface area contributed by atoms with Crippen LogP contribution in [-0.4, -0.2) is 27.7 Å². The van der Waals surface area contributed by atoms with Crippen molar-refractivity contribution in [1.82, 2.24) is 14.6 Å². The molecule has 0 atom stereocenters. The number of esters is 1. The Morgan fingerprint density at radius 3 is 2.50 bits per heavy atom. The Bertz CT molecular complexity index is 1350. The van der Waals surface area contributed by atoms with E-state index in [2.05, 4.69) is 5.10 Å². The van der Waals surface area contributed by atoms with Gasteiger partial charge < -0.3 is 9.47 Å². The summed E-state index contributed by atoms with van der Waals surface area (Å²) in [5, 5.41) is 2.86. The fraction of sp³-hybridized carbons (Fsp3) is 0.296. The third-order valence-corrected chi connectivity index (χ3v) is 6.44. The second-order valence-electron chi connectivity index (χ2n) is 8.67. The molecule has 0 amide bonds. The van der Waals surface area contributed by atoms with Crippen LogP contribution in [0, 0.1) is 0 Å². The molecule has 34 heavy (non-hydrogen) atoms. The van der Waals surface area contributed by atoms with Crippen molar-refractivity contribution < 1.29 is 14.3 Å². The monoisotopic (exact) mass is 457 g/mol. The van der Waals surface area contributed by atoms with E-state index in [1.54, 1.807) is 6.07 Å². The summed E-state index contributed by atoms with van der Waals surface area (Å²) in [4.78, 5) is 30.4. The molecule has 174 valence electrons. The average molecular weight is 458 g/mol. The standard InChI is InChI=1S/C27H27N3O4/c1-33-27(32)22-16-23-28-25(24(26(31)30(23)29-22)19-10-6-3-7-11-19)20-12-14-21(15-13-20)34-17-18-8-4-2-5-9-18/h2,4-5,8-9,12-16,19,29H,3,6-7,10-11,17H2,1H3. The smallest absolute Gasteiger partial charge is 0.356 e. The second-order valence-corrected chi connectivity index (χ2v) is 8.67. The molecule has 0 spiro atoms. The minimum absolute atomic E-state index is 0.138. The number of ether oxygens (including phenoxy) is 2. The number of methoxy groups -OCH3 is 1. The fourth-order valence-corrected chi connectivity index (χ4v) is 4.68.